The van der Waals surface area contributed by atoms with Gasteiger partial charge in [0, 0.05) is 6.08 Å². The summed E-state index contributed by atoms with van der Waals surface area (Å²) in [7, 11) is -3.09. The maximum atomic E-state index is 11.9. The van der Waals surface area contributed by atoms with Crippen molar-refractivity contribution >= 4 is 19.9 Å². The largest absolute Gasteiger partial charge is 0.463 e. The number of hydrogen-bond acceptors (Lipinski definition) is 6. The molecule has 0 aliphatic carbocycles. The number of carbonyl (C=O) groups is 2. The van der Waals surface area contributed by atoms with Gasteiger partial charge in [-0.3, -0.25) is 4.57 Å². The van der Waals surface area contributed by atoms with Crippen molar-refractivity contribution in [2.75, 3.05) is 26.0 Å². The first-order chi connectivity index (χ1) is 8.99. The molecule has 0 aromatic heterocycles. The van der Waals surface area contributed by atoms with Gasteiger partial charge in [0.15, 0.2) is 0 Å². The van der Waals surface area contributed by atoms with E-state index < -0.39 is 13.6 Å². The summed E-state index contributed by atoms with van der Waals surface area (Å²) < 4.78 is 26.7. The second-order valence-electron chi connectivity index (χ2n) is 3.02. The molecule has 0 aliphatic heterocycles. The minimum Gasteiger partial charge on any atom is -0.463 e. The molecular weight excluding hydrogens is 271 g/mol. The van der Waals surface area contributed by atoms with E-state index in [2.05, 4.69) is 4.74 Å². The Bertz CT molecular complexity index is 303. The van der Waals surface area contributed by atoms with E-state index in [0.717, 1.165) is 6.29 Å². The van der Waals surface area contributed by atoms with Crippen LogP contribution in [-0.2, 0) is 27.9 Å². The van der Waals surface area contributed by atoms with E-state index in [1.54, 1.807) is 20.8 Å². The summed E-state index contributed by atoms with van der Waals surface area (Å²) in [5.74, 6) is -0.456. The van der Waals surface area contributed by atoms with Gasteiger partial charge in [-0.1, -0.05) is 6.08 Å². The van der Waals surface area contributed by atoms with Gasteiger partial charge in [-0.15, -0.1) is 0 Å². The molecule has 0 fully saturated rings. The number of carbonyl (C=O) groups excluding carboxylic acids is 2. The second-order valence-corrected chi connectivity index (χ2v) is 5.12. The van der Waals surface area contributed by atoms with E-state index in [1.165, 1.54) is 19.1 Å². The van der Waals surface area contributed by atoms with E-state index in [9.17, 15) is 9.36 Å². The van der Waals surface area contributed by atoms with Gasteiger partial charge in [-0.05, 0) is 27.7 Å². The summed E-state index contributed by atoms with van der Waals surface area (Å²) in [5, 5.41) is 0. The number of esters is 1. The summed E-state index contributed by atoms with van der Waals surface area (Å²) in [6.07, 6.45) is 3.51. The van der Waals surface area contributed by atoms with Gasteiger partial charge in [-0.2, -0.15) is 0 Å². The topological polar surface area (TPSA) is 78.9 Å². The molecule has 0 rings (SSSR count). The van der Waals surface area contributed by atoms with Gasteiger partial charge in [0.1, 0.15) is 6.29 Å². The number of ether oxygens (including phenoxy) is 1. The number of hydrogen-bond donors (Lipinski definition) is 0. The van der Waals surface area contributed by atoms with Gasteiger partial charge >= 0.3 is 13.6 Å². The van der Waals surface area contributed by atoms with Crippen molar-refractivity contribution in [2.45, 2.75) is 27.7 Å². The highest BCUT2D eigenvalue weighted by Crippen LogP contribution is 2.47. The van der Waals surface area contributed by atoms with Crippen molar-refractivity contribution in [2.24, 2.45) is 0 Å². The Morgan fingerprint density at radius 1 is 1.11 bits per heavy atom. The van der Waals surface area contributed by atoms with Crippen molar-refractivity contribution in [3.05, 3.63) is 12.2 Å². The zero-order valence-corrected chi connectivity index (χ0v) is 12.9. The predicted octanol–water partition coefficient (Wildman–Crippen LogP) is 2.58. The lowest BCUT2D eigenvalue weighted by Crippen LogP contribution is -2.01. The van der Waals surface area contributed by atoms with Gasteiger partial charge in [0.25, 0.3) is 0 Å². The van der Waals surface area contributed by atoms with Crippen LogP contribution in [0.3, 0.4) is 0 Å². The van der Waals surface area contributed by atoms with Gasteiger partial charge in [0.05, 0.1) is 26.0 Å². The van der Waals surface area contributed by atoms with Crippen LogP contribution in [0.5, 0.6) is 0 Å². The van der Waals surface area contributed by atoms with Crippen LogP contribution in [0.25, 0.3) is 0 Å². The summed E-state index contributed by atoms with van der Waals surface area (Å²) in [5.41, 5.74) is 0. The van der Waals surface area contributed by atoms with E-state index in [4.69, 9.17) is 13.8 Å². The lowest BCUT2D eigenvalue weighted by atomic mass is 10.5. The molecule has 7 heteroatoms. The summed E-state index contributed by atoms with van der Waals surface area (Å²) in [4.78, 5) is 19.8. The third-order valence-corrected chi connectivity index (χ3v) is 3.48. The molecule has 0 saturated carbocycles. The molecule has 0 heterocycles. The Morgan fingerprint density at radius 2 is 1.58 bits per heavy atom. The van der Waals surface area contributed by atoms with Crippen molar-refractivity contribution in [1.82, 2.24) is 0 Å². The standard InChI is InChI=1S/C10H19O5P.C2H4O/c1-4-13-10(11)8-7-9-16(12,14-5-2)15-6-3;1-2-3/h7-8H,4-6,9H2,1-3H3;2H,1H3/b8-7+;. The van der Waals surface area contributed by atoms with Crippen LogP contribution < -0.4 is 0 Å². The minimum atomic E-state index is -3.09. The minimum absolute atomic E-state index is 0.0769. The fourth-order valence-corrected chi connectivity index (χ4v) is 2.44. The zero-order valence-electron chi connectivity index (χ0n) is 12.0. The first-order valence-electron chi connectivity index (χ1n) is 6.10. The maximum absolute atomic E-state index is 11.9. The number of aldehydes is 1. The molecule has 0 aliphatic rings. The Kier molecular flexibility index (Phi) is 14.4. The lowest BCUT2D eigenvalue weighted by molar-refractivity contribution is -0.137. The Hall–Kier alpha value is -0.970. The molecular formula is C12H23O6P. The molecule has 112 valence electrons. The molecule has 0 aromatic carbocycles. The second kappa shape index (κ2) is 13.5. The molecule has 0 saturated heterocycles. The summed E-state index contributed by atoms with van der Waals surface area (Å²) in [6.45, 7) is 7.57. The van der Waals surface area contributed by atoms with Crippen LogP contribution >= 0.6 is 7.60 Å². The van der Waals surface area contributed by atoms with Crippen molar-refractivity contribution in [3.63, 3.8) is 0 Å². The molecule has 0 unspecified atom stereocenters. The van der Waals surface area contributed by atoms with E-state index >= 15 is 0 Å². The number of rotatable bonds is 8. The average Bonchev–Trinajstić information content (AvgIpc) is 2.30. The first kappa shape index (κ1) is 20.3. The van der Waals surface area contributed by atoms with Crippen LogP contribution in [0.4, 0.5) is 0 Å². The Labute approximate surface area is 114 Å². The highest BCUT2D eigenvalue weighted by atomic mass is 31.2. The number of allylic oxidation sites excluding steroid dienone is 1. The van der Waals surface area contributed by atoms with E-state index in [-0.39, 0.29) is 6.16 Å². The van der Waals surface area contributed by atoms with Gasteiger partial charge < -0.3 is 18.6 Å². The quantitative estimate of drug-likeness (QED) is 0.296. The van der Waals surface area contributed by atoms with E-state index in [1.807, 2.05) is 0 Å². The third kappa shape index (κ3) is 13.3. The molecule has 0 radical (unpaired) electrons. The van der Waals surface area contributed by atoms with Crippen LogP contribution in [0.2, 0.25) is 0 Å². The highest BCUT2D eigenvalue weighted by Gasteiger charge is 2.21. The monoisotopic (exact) mass is 294 g/mol. The van der Waals surface area contributed by atoms with Crippen LogP contribution in [0, 0.1) is 0 Å². The van der Waals surface area contributed by atoms with Gasteiger partial charge in [-0.25, -0.2) is 4.79 Å². The molecule has 0 atom stereocenters. The smallest absolute Gasteiger partial charge is 0.334 e. The van der Waals surface area contributed by atoms with Crippen LogP contribution in [0.15, 0.2) is 12.2 Å². The maximum Gasteiger partial charge on any atom is 0.334 e. The molecule has 0 aromatic rings. The lowest BCUT2D eigenvalue weighted by Gasteiger charge is -2.14. The summed E-state index contributed by atoms with van der Waals surface area (Å²) >= 11 is 0. The predicted molar refractivity (Wildman–Crippen MR) is 73.2 cm³/mol. The highest BCUT2D eigenvalue weighted by molar-refractivity contribution is 7.54. The van der Waals surface area contributed by atoms with Crippen molar-refractivity contribution in [3.8, 4) is 0 Å². The molecule has 6 nitrogen and oxygen atoms in total. The molecule has 0 spiro atoms. The van der Waals surface area contributed by atoms with Crippen molar-refractivity contribution < 1.29 is 27.9 Å². The molecule has 0 bridgehead atoms. The first-order valence-corrected chi connectivity index (χ1v) is 7.83. The average molecular weight is 294 g/mol. The molecule has 0 amide bonds. The van der Waals surface area contributed by atoms with Gasteiger partial charge in [0.2, 0.25) is 0 Å². The normalized spacial score (nSPS) is 10.7. The fraction of sp³-hybridized carbons (Fsp3) is 0.667. The van der Waals surface area contributed by atoms with E-state index in [0.29, 0.717) is 19.8 Å². The Morgan fingerprint density at radius 3 is 1.95 bits per heavy atom. The SMILES string of the molecule is CC=O.CCOC(=O)/C=C/CP(=O)(OCC)OCC. The molecule has 0 N–H and O–H groups in total. The zero-order chi connectivity index (χ0) is 15.1. The van der Waals surface area contributed by atoms with Crippen LogP contribution in [-0.4, -0.2) is 38.2 Å². The Balaban J connectivity index is 0. The fourth-order valence-electron chi connectivity index (χ4n) is 1.00. The molecule has 19 heavy (non-hydrogen) atoms. The summed E-state index contributed by atoms with van der Waals surface area (Å²) in [6, 6.07) is 0. The van der Waals surface area contributed by atoms with Crippen molar-refractivity contribution in [1.29, 1.82) is 0 Å². The van der Waals surface area contributed by atoms with Crippen LogP contribution in [0.1, 0.15) is 27.7 Å². The third-order valence-electron chi connectivity index (χ3n) is 1.52.